The Morgan fingerprint density at radius 1 is 1.56 bits per heavy atom. The van der Waals surface area contributed by atoms with Crippen molar-refractivity contribution in [1.82, 2.24) is 4.90 Å². The molecule has 2 rings (SSSR count). The van der Waals surface area contributed by atoms with Crippen LogP contribution in [0.3, 0.4) is 0 Å². The zero-order chi connectivity index (χ0) is 13.0. The summed E-state index contributed by atoms with van der Waals surface area (Å²) in [4.78, 5) is 13.9. The van der Waals surface area contributed by atoms with Crippen LogP contribution in [0.2, 0.25) is 0 Å². The van der Waals surface area contributed by atoms with Gasteiger partial charge in [-0.3, -0.25) is 4.79 Å². The number of hydrogen-bond donors (Lipinski definition) is 2. The minimum Gasteiger partial charge on any atom is -0.395 e. The monoisotopic (exact) mass is 246 g/mol. The highest BCUT2D eigenvalue weighted by Gasteiger charge is 2.17. The van der Waals surface area contributed by atoms with Gasteiger partial charge in [0.1, 0.15) is 0 Å². The smallest absolute Gasteiger partial charge is 0.254 e. The van der Waals surface area contributed by atoms with Gasteiger partial charge in [0.15, 0.2) is 0 Å². The molecule has 0 aliphatic carbocycles. The van der Waals surface area contributed by atoms with E-state index in [2.05, 4.69) is 11.9 Å². The second-order valence-corrected chi connectivity index (χ2v) is 4.31. The van der Waals surface area contributed by atoms with Crippen molar-refractivity contribution >= 4 is 11.6 Å². The van der Waals surface area contributed by atoms with E-state index >= 15 is 0 Å². The van der Waals surface area contributed by atoms with Crippen LogP contribution in [-0.4, -0.2) is 42.2 Å². The van der Waals surface area contributed by atoms with Crippen LogP contribution in [0, 0.1) is 0 Å². The van der Waals surface area contributed by atoms with Gasteiger partial charge in [0, 0.05) is 30.9 Å². The molecular formula is C14H18N2O2. The molecule has 0 saturated carbocycles. The fourth-order valence-corrected chi connectivity index (χ4v) is 2.16. The molecule has 0 spiro atoms. The van der Waals surface area contributed by atoms with Gasteiger partial charge in [-0.1, -0.05) is 12.1 Å². The van der Waals surface area contributed by atoms with Crippen LogP contribution >= 0.6 is 0 Å². The predicted molar refractivity (Wildman–Crippen MR) is 71.8 cm³/mol. The summed E-state index contributed by atoms with van der Waals surface area (Å²) in [7, 11) is 0. The van der Waals surface area contributed by atoms with Gasteiger partial charge in [0.2, 0.25) is 0 Å². The topological polar surface area (TPSA) is 52.6 Å². The quantitative estimate of drug-likeness (QED) is 0.769. The highest BCUT2D eigenvalue weighted by molar-refractivity contribution is 5.95. The second kappa shape index (κ2) is 5.69. The van der Waals surface area contributed by atoms with Gasteiger partial charge < -0.3 is 15.3 Å². The van der Waals surface area contributed by atoms with Crippen LogP contribution in [0.25, 0.3) is 0 Å². The van der Waals surface area contributed by atoms with Gasteiger partial charge in [-0.2, -0.15) is 0 Å². The summed E-state index contributed by atoms with van der Waals surface area (Å²) in [5, 5.41) is 12.2. The van der Waals surface area contributed by atoms with Crippen LogP contribution in [-0.2, 0) is 6.42 Å². The van der Waals surface area contributed by atoms with Crippen molar-refractivity contribution in [2.45, 2.75) is 6.42 Å². The first-order valence-electron chi connectivity index (χ1n) is 6.14. The number of aliphatic hydroxyl groups is 1. The van der Waals surface area contributed by atoms with E-state index in [0.29, 0.717) is 18.7 Å². The van der Waals surface area contributed by atoms with E-state index < -0.39 is 0 Å². The van der Waals surface area contributed by atoms with Crippen LogP contribution < -0.4 is 5.32 Å². The van der Waals surface area contributed by atoms with E-state index in [1.807, 2.05) is 18.2 Å². The van der Waals surface area contributed by atoms with Crippen molar-refractivity contribution in [2.75, 3.05) is 31.6 Å². The van der Waals surface area contributed by atoms with Gasteiger partial charge in [0.05, 0.1) is 6.61 Å². The lowest BCUT2D eigenvalue weighted by atomic mass is 10.1. The van der Waals surface area contributed by atoms with Crippen molar-refractivity contribution < 1.29 is 9.90 Å². The lowest BCUT2D eigenvalue weighted by Crippen LogP contribution is -2.33. The maximum atomic E-state index is 12.3. The molecule has 0 radical (unpaired) electrons. The Morgan fingerprint density at radius 2 is 2.39 bits per heavy atom. The molecule has 1 heterocycles. The Hall–Kier alpha value is -1.81. The molecule has 0 aromatic heterocycles. The van der Waals surface area contributed by atoms with Gasteiger partial charge in [0.25, 0.3) is 5.91 Å². The van der Waals surface area contributed by atoms with E-state index in [1.165, 1.54) is 5.56 Å². The molecule has 1 aliphatic heterocycles. The number of carbonyl (C=O) groups excluding carboxylic acids is 1. The molecule has 1 amide bonds. The molecule has 96 valence electrons. The Morgan fingerprint density at radius 3 is 3.11 bits per heavy atom. The van der Waals surface area contributed by atoms with Crippen molar-refractivity contribution in [3.8, 4) is 0 Å². The average molecular weight is 246 g/mol. The molecule has 0 unspecified atom stereocenters. The second-order valence-electron chi connectivity index (χ2n) is 4.31. The summed E-state index contributed by atoms with van der Waals surface area (Å²) < 4.78 is 0. The Labute approximate surface area is 107 Å². The molecule has 1 aromatic rings. The number of benzene rings is 1. The lowest BCUT2D eigenvalue weighted by molar-refractivity contribution is 0.0743. The van der Waals surface area contributed by atoms with E-state index in [-0.39, 0.29) is 12.5 Å². The predicted octanol–water partition coefficient (Wildman–Crippen LogP) is 1.28. The molecule has 0 atom stereocenters. The Kier molecular flexibility index (Phi) is 3.99. The highest BCUT2D eigenvalue weighted by atomic mass is 16.3. The SMILES string of the molecule is C=CCN(CCO)C(=O)c1ccc2c(c1)NCC2. The summed E-state index contributed by atoms with van der Waals surface area (Å²) in [5.74, 6) is -0.0690. The zero-order valence-electron chi connectivity index (χ0n) is 10.4. The number of amides is 1. The number of aliphatic hydroxyl groups excluding tert-OH is 1. The summed E-state index contributed by atoms with van der Waals surface area (Å²) >= 11 is 0. The first-order chi connectivity index (χ1) is 8.76. The zero-order valence-corrected chi connectivity index (χ0v) is 10.4. The van der Waals surface area contributed by atoms with Gasteiger partial charge in [-0.05, 0) is 24.1 Å². The van der Waals surface area contributed by atoms with Crippen LogP contribution in [0.1, 0.15) is 15.9 Å². The third-order valence-electron chi connectivity index (χ3n) is 3.07. The number of nitrogens with zero attached hydrogens (tertiary/aromatic N) is 1. The first-order valence-corrected chi connectivity index (χ1v) is 6.14. The number of fused-ring (bicyclic) bond motifs is 1. The summed E-state index contributed by atoms with van der Waals surface area (Å²) in [6, 6.07) is 5.73. The van der Waals surface area contributed by atoms with E-state index in [4.69, 9.17) is 5.11 Å². The van der Waals surface area contributed by atoms with Gasteiger partial charge >= 0.3 is 0 Å². The summed E-state index contributed by atoms with van der Waals surface area (Å²) in [6.07, 6.45) is 2.68. The van der Waals surface area contributed by atoms with Crippen LogP contribution in [0.4, 0.5) is 5.69 Å². The highest BCUT2D eigenvalue weighted by Crippen LogP contribution is 2.23. The molecular weight excluding hydrogens is 228 g/mol. The van der Waals surface area contributed by atoms with Crippen LogP contribution in [0.15, 0.2) is 30.9 Å². The average Bonchev–Trinajstić information content (AvgIpc) is 2.84. The molecule has 1 aromatic carbocycles. The summed E-state index contributed by atoms with van der Waals surface area (Å²) in [6.45, 7) is 5.30. The van der Waals surface area contributed by atoms with Crippen molar-refractivity contribution in [1.29, 1.82) is 0 Å². The molecule has 0 saturated heterocycles. The lowest BCUT2D eigenvalue weighted by Gasteiger charge is -2.20. The number of anilines is 1. The maximum absolute atomic E-state index is 12.3. The van der Waals surface area contributed by atoms with E-state index in [0.717, 1.165) is 18.7 Å². The Bertz CT molecular complexity index is 457. The fourth-order valence-electron chi connectivity index (χ4n) is 2.16. The summed E-state index contributed by atoms with van der Waals surface area (Å²) in [5.41, 5.74) is 2.95. The molecule has 4 nitrogen and oxygen atoms in total. The third kappa shape index (κ3) is 2.54. The maximum Gasteiger partial charge on any atom is 0.254 e. The van der Waals surface area contributed by atoms with Crippen molar-refractivity contribution in [2.24, 2.45) is 0 Å². The Balaban J connectivity index is 2.18. The number of hydrogen-bond acceptors (Lipinski definition) is 3. The minimum atomic E-state index is -0.0690. The first kappa shape index (κ1) is 12.6. The largest absolute Gasteiger partial charge is 0.395 e. The molecule has 18 heavy (non-hydrogen) atoms. The molecule has 2 N–H and O–H groups in total. The number of nitrogens with one attached hydrogen (secondary N) is 1. The molecule has 0 bridgehead atoms. The van der Waals surface area contributed by atoms with Crippen molar-refractivity contribution in [3.05, 3.63) is 42.0 Å². The molecule has 0 fully saturated rings. The normalized spacial score (nSPS) is 12.7. The number of rotatable bonds is 5. The van der Waals surface area contributed by atoms with E-state index in [9.17, 15) is 4.79 Å². The fraction of sp³-hybridized carbons (Fsp3) is 0.357. The van der Waals surface area contributed by atoms with E-state index in [1.54, 1.807) is 11.0 Å². The third-order valence-corrected chi connectivity index (χ3v) is 3.07. The standard InChI is InChI=1S/C14H18N2O2/c1-2-7-16(8-9-17)14(18)12-4-3-11-5-6-15-13(11)10-12/h2-4,10,15,17H,1,5-9H2. The minimum absolute atomic E-state index is 0.0389. The number of carbonyl (C=O) groups is 1. The van der Waals surface area contributed by atoms with Gasteiger partial charge in [-0.25, -0.2) is 0 Å². The molecule has 1 aliphatic rings. The van der Waals surface area contributed by atoms with Crippen LogP contribution in [0.5, 0.6) is 0 Å². The molecule has 4 heteroatoms. The van der Waals surface area contributed by atoms with Crippen molar-refractivity contribution in [3.63, 3.8) is 0 Å². The van der Waals surface area contributed by atoms with Gasteiger partial charge in [-0.15, -0.1) is 6.58 Å².